The van der Waals surface area contributed by atoms with Gasteiger partial charge in [-0.15, -0.1) is 0 Å². The minimum absolute atomic E-state index is 0.329. The Morgan fingerprint density at radius 2 is 2.36 bits per heavy atom. The Morgan fingerprint density at radius 1 is 1.55 bits per heavy atom. The van der Waals surface area contributed by atoms with Crippen molar-refractivity contribution >= 4 is 11.3 Å². The molecule has 0 amide bonds. The molecule has 1 heterocycles. The summed E-state index contributed by atoms with van der Waals surface area (Å²) in [4.78, 5) is 0. The second-order valence-electron chi connectivity index (χ2n) is 3.27. The van der Waals surface area contributed by atoms with Crippen molar-refractivity contribution in [2.45, 2.75) is 24.7 Å². The van der Waals surface area contributed by atoms with Crippen molar-refractivity contribution in [2.75, 3.05) is 6.61 Å². The first-order valence-corrected chi connectivity index (χ1v) is 4.95. The Labute approximate surface area is 70.7 Å². The molecule has 1 fully saturated rings. The Balaban J connectivity index is 2.15. The summed E-state index contributed by atoms with van der Waals surface area (Å²) in [7, 11) is 0. The van der Waals surface area contributed by atoms with Crippen LogP contribution in [0.5, 0.6) is 0 Å². The Hall–Kier alpha value is -0.340. The summed E-state index contributed by atoms with van der Waals surface area (Å²) in [5, 5.41) is 13.2. The smallest absolute Gasteiger partial charge is 0.0439 e. The van der Waals surface area contributed by atoms with Gasteiger partial charge in [-0.25, -0.2) is 0 Å². The Bertz CT molecular complexity index is 224. The van der Waals surface area contributed by atoms with Crippen LogP contribution in [0.2, 0.25) is 0 Å². The molecule has 2 rings (SSSR count). The highest BCUT2D eigenvalue weighted by molar-refractivity contribution is 7.08. The van der Waals surface area contributed by atoms with Gasteiger partial charge in [-0.2, -0.15) is 11.3 Å². The maximum atomic E-state index is 8.84. The van der Waals surface area contributed by atoms with Gasteiger partial charge in [0.1, 0.15) is 0 Å². The number of hydrogen-bond acceptors (Lipinski definition) is 2. The SMILES string of the molecule is OCCC1(c2ccsc2)CC1. The fourth-order valence-electron chi connectivity index (χ4n) is 1.61. The van der Waals surface area contributed by atoms with Crippen LogP contribution >= 0.6 is 11.3 Å². The highest BCUT2D eigenvalue weighted by Gasteiger charge is 2.43. The second-order valence-corrected chi connectivity index (χ2v) is 4.05. The monoisotopic (exact) mass is 168 g/mol. The van der Waals surface area contributed by atoms with Crippen LogP contribution in [0.1, 0.15) is 24.8 Å². The molecule has 0 aromatic carbocycles. The third kappa shape index (κ3) is 1.21. The summed E-state index contributed by atoms with van der Waals surface area (Å²) >= 11 is 1.75. The Kier molecular flexibility index (Phi) is 1.74. The minimum atomic E-state index is 0.329. The van der Waals surface area contributed by atoms with Gasteiger partial charge in [0.25, 0.3) is 0 Å². The first-order chi connectivity index (χ1) is 5.37. The molecule has 60 valence electrons. The predicted molar refractivity (Wildman–Crippen MR) is 46.9 cm³/mol. The molecule has 1 aliphatic carbocycles. The second kappa shape index (κ2) is 2.61. The molecule has 0 spiro atoms. The summed E-state index contributed by atoms with van der Waals surface area (Å²) in [5.74, 6) is 0. The average Bonchev–Trinajstić information content (AvgIpc) is 2.63. The lowest BCUT2D eigenvalue weighted by atomic mass is 9.96. The summed E-state index contributed by atoms with van der Waals surface area (Å²) in [6, 6.07) is 2.19. The first kappa shape index (κ1) is 7.32. The van der Waals surface area contributed by atoms with Crippen molar-refractivity contribution in [1.82, 2.24) is 0 Å². The van der Waals surface area contributed by atoms with Crippen LogP contribution in [0.4, 0.5) is 0 Å². The third-order valence-electron chi connectivity index (χ3n) is 2.58. The molecular weight excluding hydrogens is 156 g/mol. The molecule has 1 N–H and O–H groups in total. The summed E-state index contributed by atoms with van der Waals surface area (Å²) < 4.78 is 0. The molecule has 1 aromatic heterocycles. The maximum absolute atomic E-state index is 8.84. The quantitative estimate of drug-likeness (QED) is 0.733. The Morgan fingerprint density at radius 3 is 2.82 bits per heavy atom. The highest BCUT2D eigenvalue weighted by atomic mass is 32.1. The van der Waals surface area contributed by atoms with Crippen LogP contribution in [0.25, 0.3) is 0 Å². The molecule has 1 nitrogen and oxygen atoms in total. The van der Waals surface area contributed by atoms with Gasteiger partial charge in [-0.05, 0) is 47.1 Å². The van der Waals surface area contributed by atoms with Crippen LogP contribution in [0.15, 0.2) is 16.8 Å². The molecule has 0 saturated heterocycles. The van der Waals surface area contributed by atoms with Gasteiger partial charge in [-0.3, -0.25) is 0 Å². The van der Waals surface area contributed by atoms with E-state index in [1.54, 1.807) is 11.3 Å². The largest absolute Gasteiger partial charge is 0.396 e. The van der Waals surface area contributed by atoms with E-state index in [9.17, 15) is 0 Å². The topological polar surface area (TPSA) is 20.2 Å². The number of aliphatic hydroxyl groups excluding tert-OH is 1. The fraction of sp³-hybridized carbons (Fsp3) is 0.556. The third-order valence-corrected chi connectivity index (χ3v) is 3.26. The van der Waals surface area contributed by atoms with Crippen molar-refractivity contribution < 1.29 is 5.11 Å². The molecular formula is C9H12OS. The maximum Gasteiger partial charge on any atom is 0.0439 e. The molecule has 1 aromatic rings. The summed E-state index contributed by atoms with van der Waals surface area (Å²) in [6.07, 6.45) is 3.48. The molecule has 11 heavy (non-hydrogen) atoms. The number of thiophene rings is 1. The van der Waals surface area contributed by atoms with Crippen LogP contribution in [-0.2, 0) is 5.41 Å². The number of hydrogen-bond donors (Lipinski definition) is 1. The lowest BCUT2D eigenvalue weighted by Crippen LogP contribution is -2.06. The van der Waals surface area contributed by atoms with Gasteiger partial charge in [0.05, 0.1) is 0 Å². The molecule has 0 aliphatic heterocycles. The van der Waals surface area contributed by atoms with Gasteiger partial charge in [0.15, 0.2) is 0 Å². The average molecular weight is 168 g/mol. The molecule has 0 atom stereocenters. The van der Waals surface area contributed by atoms with Gasteiger partial charge >= 0.3 is 0 Å². The number of rotatable bonds is 3. The fourth-order valence-corrected chi connectivity index (χ4v) is 2.39. The van der Waals surface area contributed by atoms with Crippen molar-refractivity contribution in [2.24, 2.45) is 0 Å². The van der Waals surface area contributed by atoms with E-state index in [1.807, 2.05) is 0 Å². The summed E-state index contributed by atoms with van der Waals surface area (Å²) in [6.45, 7) is 0.329. The van der Waals surface area contributed by atoms with E-state index in [1.165, 1.54) is 18.4 Å². The highest BCUT2D eigenvalue weighted by Crippen LogP contribution is 2.51. The normalized spacial score (nSPS) is 20.1. The van der Waals surface area contributed by atoms with E-state index >= 15 is 0 Å². The number of aliphatic hydroxyl groups is 1. The summed E-state index contributed by atoms with van der Waals surface area (Å²) in [5.41, 5.74) is 1.82. The van der Waals surface area contributed by atoms with E-state index in [2.05, 4.69) is 16.8 Å². The zero-order valence-corrected chi connectivity index (χ0v) is 7.23. The lowest BCUT2D eigenvalue weighted by Gasteiger charge is -2.10. The van der Waals surface area contributed by atoms with Gasteiger partial charge in [-0.1, -0.05) is 0 Å². The van der Waals surface area contributed by atoms with Gasteiger partial charge < -0.3 is 5.11 Å². The molecule has 1 saturated carbocycles. The molecule has 0 radical (unpaired) electrons. The predicted octanol–water partition coefficient (Wildman–Crippen LogP) is 2.16. The standard InChI is InChI=1S/C9H12OS/c10-5-4-9(2-3-9)8-1-6-11-7-8/h1,6-7,10H,2-5H2. The molecule has 2 heteroatoms. The van der Waals surface area contributed by atoms with Gasteiger partial charge in [0.2, 0.25) is 0 Å². The van der Waals surface area contributed by atoms with Gasteiger partial charge in [0, 0.05) is 6.61 Å². The van der Waals surface area contributed by atoms with E-state index in [0.717, 1.165) is 6.42 Å². The van der Waals surface area contributed by atoms with Crippen LogP contribution in [0.3, 0.4) is 0 Å². The molecule has 1 aliphatic rings. The minimum Gasteiger partial charge on any atom is -0.396 e. The lowest BCUT2D eigenvalue weighted by molar-refractivity contribution is 0.271. The van der Waals surface area contributed by atoms with E-state index in [4.69, 9.17) is 5.11 Å². The zero-order valence-electron chi connectivity index (χ0n) is 6.42. The molecule has 0 bridgehead atoms. The molecule has 0 unspecified atom stereocenters. The van der Waals surface area contributed by atoms with Crippen molar-refractivity contribution in [3.05, 3.63) is 22.4 Å². The van der Waals surface area contributed by atoms with Crippen molar-refractivity contribution in [3.63, 3.8) is 0 Å². The van der Waals surface area contributed by atoms with Crippen LogP contribution in [0, 0.1) is 0 Å². The van der Waals surface area contributed by atoms with Crippen LogP contribution in [-0.4, -0.2) is 11.7 Å². The van der Waals surface area contributed by atoms with E-state index in [-0.39, 0.29) is 0 Å². The van der Waals surface area contributed by atoms with Crippen LogP contribution < -0.4 is 0 Å². The van der Waals surface area contributed by atoms with Crippen molar-refractivity contribution in [1.29, 1.82) is 0 Å². The van der Waals surface area contributed by atoms with Crippen molar-refractivity contribution in [3.8, 4) is 0 Å². The van der Waals surface area contributed by atoms with E-state index in [0.29, 0.717) is 12.0 Å². The first-order valence-electron chi connectivity index (χ1n) is 4.01. The zero-order chi connectivity index (χ0) is 7.73. The van der Waals surface area contributed by atoms with E-state index < -0.39 is 0 Å².